The van der Waals surface area contributed by atoms with E-state index < -0.39 is 36.7 Å². The third kappa shape index (κ3) is 6.62. The van der Waals surface area contributed by atoms with E-state index in [4.69, 9.17) is 33.2 Å². The second-order valence-electron chi connectivity index (χ2n) is 14.0. The minimum absolute atomic E-state index is 0.00792. The fourth-order valence-electron chi connectivity index (χ4n) is 8.23. The number of alkyl halides is 3. The van der Waals surface area contributed by atoms with Crippen molar-refractivity contribution in [2.45, 2.75) is 63.2 Å². The van der Waals surface area contributed by atoms with Crippen molar-refractivity contribution in [3.63, 3.8) is 0 Å². The Morgan fingerprint density at radius 1 is 1.20 bits per heavy atom. The van der Waals surface area contributed by atoms with Crippen LogP contribution >= 0.6 is 11.6 Å². The number of hydrogen-bond acceptors (Lipinski definition) is 9. The van der Waals surface area contributed by atoms with E-state index in [-0.39, 0.29) is 85.9 Å². The van der Waals surface area contributed by atoms with Gasteiger partial charge in [-0.2, -0.15) is 9.97 Å². The highest BCUT2D eigenvalue weighted by Gasteiger charge is 2.45. The second-order valence-corrected chi connectivity index (χ2v) is 14.4. The first-order valence-electron chi connectivity index (χ1n) is 17.6. The highest BCUT2D eigenvalue weighted by Crippen LogP contribution is 2.50. The number of terminal acetylenes is 1. The molecule has 2 saturated heterocycles. The molecule has 3 N–H and O–H groups in total. The van der Waals surface area contributed by atoms with Crippen molar-refractivity contribution in [2.75, 3.05) is 44.8 Å². The van der Waals surface area contributed by atoms with Gasteiger partial charge in [-0.3, -0.25) is 9.89 Å². The Hall–Kier alpha value is -4.87. The molecule has 54 heavy (non-hydrogen) atoms. The summed E-state index contributed by atoms with van der Waals surface area (Å²) in [6.07, 6.45) is 7.22. The van der Waals surface area contributed by atoms with E-state index >= 15 is 4.39 Å². The molecule has 2 fully saturated rings. The van der Waals surface area contributed by atoms with E-state index in [9.17, 15) is 22.7 Å². The number of ether oxygens (including phenoxy) is 2. The van der Waals surface area contributed by atoms with Crippen LogP contribution in [0.15, 0.2) is 40.9 Å². The van der Waals surface area contributed by atoms with E-state index in [0.29, 0.717) is 30.5 Å². The highest BCUT2D eigenvalue weighted by atomic mass is 35.5. The molecule has 0 bridgehead atoms. The van der Waals surface area contributed by atoms with E-state index in [1.54, 1.807) is 11.0 Å². The normalized spacial score (nSPS) is 21.5. The number of fused-ring (bicyclic) bond motifs is 2. The summed E-state index contributed by atoms with van der Waals surface area (Å²) in [7, 11) is 1.27. The number of aliphatic imine (C=N–C) groups is 1. The van der Waals surface area contributed by atoms with Gasteiger partial charge in [0.25, 0.3) is 0 Å². The van der Waals surface area contributed by atoms with E-state index in [1.807, 2.05) is 0 Å². The zero-order valence-electron chi connectivity index (χ0n) is 29.6. The van der Waals surface area contributed by atoms with Gasteiger partial charge in [-0.25, -0.2) is 22.0 Å². The third-order valence-electron chi connectivity index (χ3n) is 10.6. The Morgan fingerprint density at radius 2 is 2.00 bits per heavy atom. The number of phenols is 1. The van der Waals surface area contributed by atoms with Crippen molar-refractivity contribution in [1.82, 2.24) is 14.9 Å². The summed E-state index contributed by atoms with van der Waals surface area (Å²) in [6, 6.07) is 3.84. The summed E-state index contributed by atoms with van der Waals surface area (Å²) in [5.41, 5.74) is 6.03. The molecule has 4 aromatic rings. The molecule has 9 nitrogen and oxygen atoms in total. The Morgan fingerprint density at radius 3 is 2.70 bits per heavy atom. The molecular weight excluding hydrogens is 731 g/mol. The van der Waals surface area contributed by atoms with Crippen LogP contribution in [0.25, 0.3) is 32.8 Å². The number of nitrogens with two attached hydrogens (primary N) is 1. The van der Waals surface area contributed by atoms with Crippen molar-refractivity contribution in [1.29, 1.82) is 0 Å². The fraction of sp³-hybridized carbons (Fsp3) is 0.410. The molecular formula is C39H38ClF5N6O3. The van der Waals surface area contributed by atoms with Crippen LogP contribution in [0.2, 0.25) is 5.02 Å². The summed E-state index contributed by atoms with van der Waals surface area (Å²) in [5, 5.41) is 10.8. The van der Waals surface area contributed by atoms with Crippen LogP contribution in [0.1, 0.15) is 44.6 Å². The van der Waals surface area contributed by atoms with Crippen LogP contribution < -0.4 is 20.1 Å². The number of phenolic OH excluding ortho intramolecular Hbond substituents is 1. The number of methoxy groups -OCH3 is 1. The summed E-state index contributed by atoms with van der Waals surface area (Å²) < 4.78 is 83.9. The lowest BCUT2D eigenvalue weighted by atomic mass is 9.92. The molecule has 0 spiro atoms. The Balaban J connectivity index is 0.000000386. The minimum atomic E-state index is -2.73. The van der Waals surface area contributed by atoms with Gasteiger partial charge in [0.2, 0.25) is 6.43 Å². The van der Waals surface area contributed by atoms with Crippen molar-refractivity contribution < 1.29 is 36.5 Å². The van der Waals surface area contributed by atoms with Crippen LogP contribution in [0.3, 0.4) is 0 Å². The topological polar surface area (TPSA) is 109 Å². The molecule has 0 saturated carbocycles. The molecule has 3 atom stereocenters. The van der Waals surface area contributed by atoms with Crippen molar-refractivity contribution in [3.8, 4) is 41.0 Å². The Bertz CT molecular complexity index is 2250. The number of anilines is 1. The maximum Gasteiger partial charge on any atom is 0.318 e. The van der Waals surface area contributed by atoms with Gasteiger partial charge >= 0.3 is 6.01 Å². The van der Waals surface area contributed by atoms with Crippen LogP contribution in [-0.2, 0) is 0 Å². The molecule has 4 aliphatic heterocycles. The number of aromatic nitrogens is 2. The zero-order valence-corrected chi connectivity index (χ0v) is 30.4. The predicted octanol–water partition coefficient (Wildman–Crippen LogP) is 7.57. The van der Waals surface area contributed by atoms with Gasteiger partial charge in [-0.05, 0) is 68.3 Å². The summed E-state index contributed by atoms with van der Waals surface area (Å²) >= 11 is 6.88. The smallest absolute Gasteiger partial charge is 0.318 e. The maximum absolute atomic E-state index is 16.8. The van der Waals surface area contributed by atoms with Gasteiger partial charge in [-0.1, -0.05) is 29.7 Å². The number of rotatable bonds is 6. The number of benzene rings is 3. The molecule has 1 aromatic heterocycles. The lowest BCUT2D eigenvalue weighted by Gasteiger charge is -2.34. The van der Waals surface area contributed by atoms with Crippen molar-refractivity contribution >= 4 is 44.9 Å². The molecule has 0 radical (unpaired) electrons. The molecule has 5 heterocycles. The highest BCUT2D eigenvalue weighted by molar-refractivity contribution is 6.37. The largest absolute Gasteiger partial charge is 0.508 e. The van der Waals surface area contributed by atoms with E-state index in [2.05, 4.69) is 32.7 Å². The second kappa shape index (κ2) is 14.8. The first kappa shape index (κ1) is 37.4. The molecule has 8 rings (SSSR count). The quantitative estimate of drug-likeness (QED) is 0.153. The van der Waals surface area contributed by atoms with Gasteiger partial charge in [0, 0.05) is 41.6 Å². The zero-order chi connectivity index (χ0) is 38.5. The molecule has 0 amide bonds. The van der Waals surface area contributed by atoms with Gasteiger partial charge in [0.1, 0.15) is 41.5 Å². The number of aromatic hydroxyl groups is 1. The number of halogens is 6. The molecule has 1 unspecified atom stereocenters. The fourth-order valence-corrected chi connectivity index (χ4v) is 8.56. The van der Waals surface area contributed by atoms with Crippen LogP contribution in [0.4, 0.5) is 27.8 Å². The van der Waals surface area contributed by atoms with E-state index in [0.717, 1.165) is 19.0 Å². The van der Waals surface area contributed by atoms with Crippen LogP contribution in [-0.4, -0.2) is 89.9 Å². The molecule has 0 aliphatic carbocycles. The third-order valence-corrected chi connectivity index (χ3v) is 11.0. The summed E-state index contributed by atoms with van der Waals surface area (Å²) in [4.78, 5) is 16.8. The molecule has 4 aliphatic rings. The van der Waals surface area contributed by atoms with Gasteiger partial charge in [0.05, 0.1) is 35.7 Å². The predicted molar refractivity (Wildman–Crippen MR) is 199 cm³/mol. The van der Waals surface area contributed by atoms with Crippen LogP contribution in [0.5, 0.6) is 17.5 Å². The Labute approximate surface area is 313 Å². The summed E-state index contributed by atoms with van der Waals surface area (Å²) in [6.45, 7) is 4.38. The number of hydrogen-bond donors (Lipinski definition) is 2. The Kier molecular flexibility index (Phi) is 10.2. The monoisotopic (exact) mass is 768 g/mol. The first-order chi connectivity index (χ1) is 25.8. The lowest BCUT2D eigenvalue weighted by Crippen LogP contribution is -2.44. The van der Waals surface area contributed by atoms with Crippen molar-refractivity contribution in [3.05, 3.63) is 58.1 Å². The molecule has 3 aromatic carbocycles. The minimum Gasteiger partial charge on any atom is -0.508 e. The standard InChI is InChI=1S/C31H24ClF4N5O3.C8H14FN/c1-3-16-19(33)7-6-14-11-15(42)12-18(22(14)16)23-25(32)28-24-27(26(23)36)39-31(43-2)40-30(24)41(9-10-44-28)20(13-21(34)35)17-5-4-8-38-29(17)37;1-8-3-2-4-10(8)6-7(9)5-8/h1,5-7,11-12,20-21,42H,4,8-10,13H2,2H3,(H2,37,38);7H,2-6H2,1H3/t20-;7?,8-/m10/s1. The molecule has 15 heteroatoms. The SMILES string of the molecule is C#Cc1c(F)ccc2cc(O)cc(-c3c(Cl)c4c5c(nc(OC)nc5c3F)N([C@H](CC(F)F)C3=CCCN=C3N)CCO4)c12.C[C@@]12CCCN1CC(F)C2. The maximum atomic E-state index is 16.8. The van der Waals surface area contributed by atoms with Gasteiger partial charge in [0.15, 0.2) is 11.6 Å². The number of amidine groups is 1. The van der Waals surface area contributed by atoms with E-state index in [1.165, 1.54) is 38.2 Å². The lowest BCUT2D eigenvalue weighted by molar-refractivity contribution is 0.131. The number of dihydropyridines is 1. The first-order valence-corrected chi connectivity index (χ1v) is 18.0. The average molecular weight is 769 g/mol. The average Bonchev–Trinajstić information content (AvgIpc) is 3.54. The number of nitrogens with zero attached hydrogens (tertiary/aromatic N) is 5. The van der Waals surface area contributed by atoms with Gasteiger partial charge < -0.3 is 25.2 Å². The van der Waals surface area contributed by atoms with Gasteiger partial charge in [-0.15, -0.1) is 6.42 Å². The van der Waals surface area contributed by atoms with Crippen LogP contribution in [0, 0.1) is 24.0 Å². The summed E-state index contributed by atoms with van der Waals surface area (Å²) in [5.74, 6) is 0.444. The molecule has 284 valence electrons. The van der Waals surface area contributed by atoms with Crippen molar-refractivity contribution in [2.24, 2.45) is 10.7 Å².